The van der Waals surface area contributed by atoms with E-state index in [0.29, 0.717) is 0 Å². The van der Waals surface area contributed by atoms with Crippen LogP contribution >= 0.6 is 0 Å². The van der Waals surface area contributed by atoms with Crippen molar-refractivity contribution < 1.29 is 12.8 Å². The van der Waals surface area contributed by atoms with Gasteiger partial charge in [0, 0.05) is 0 Å². The van der Waals surface area contributed by atoms with Crippen molar-refractivity contribution >= 4 is 26.6 Å². The van der Waals surface area contributed by atoms with Crippen LogP contribution in [0.5, 0.6) is 0 Å². The number of rotatable bonds is 2. The second-order valence-corrected chi connectivity index (χ2v) is 5.58. The molecule has 0 bridgehead atoms. The summed E-state index contributed by atoms with van der Waals surface area (Å²) in [6, 6.07) is 1.90. The van der Waals surface area contributed by atoms with Crippen molar-refractivity contribution in [2.45, 2.75) is 0 Å². The highest BCUT2D eigenvalue weighted by Gasteiger charge is 2.12. The van der Waals surface area contributed by atoms with E-state index in [1.165, 1.54) is 0 Å². The van der Waals surface area contributed by atoms with Gasteiger partial charge in [-0.05, 0) is 12.1 Å². The van der Waals surface area contributed by atoms with Gasteiger partial charge in [-0.3, -0.25) is 4.79 Å². The van der Waals surface area contributed by atoms with Gasteiger partial charge < -0.3 is 10.7 Å². The molecule has 0 saturated heterocycles. The summed E-state index contributed by atoms with van der Waals surface area (Å²) >= 11 is 0. The van der Waals surface area contributed by atoms with Crippen LogP contribution in [0, 0.1) is 5.82 Å². The van der Waals surface area contributed by atoms with E-state index in [-0.39, 0.29) is 21.3 Å². The molecule has 10 heteroatoms. The number of aromatic nitrogens is 2. The van der Waals surface area contributed by atoms with Gasteiger partial charge in [-0.25, -0.2) is 22.4 Å². The number of nitrogens with two attached hydrogens (primary N) is 1. The molecule has 0 unspecified atom stereocenters. The Balaban J connectivity index is 2.86. The second-order valence-electron chi connectivity index (χ2n) is 3.85. The lowest BCUT2D eigenvalue weighted by molar-refractivity contribution is 0.598. The maximum atomic E-state index is 13.3. The predicted octanol–water partition coefficient (Wildman–Crippen LogP) is -1.09. The third-order valence-electron chi connectivity index (χ3n) is 2.27. The highest BCUT2D eigenvalue weighted by molar-refractivity contribution is 7.91. The largest absolute Gasteiger partial charge is 0.396 e. The summed E-state index contributed by atoms with van der Waals surface area (Å²) < 4.78 is 35.6. The number of nitrogens with one attached hydrogen (secondary N) is 2. The number of nitrogen functional groups attached to an aromatic ring is 1. The van der Waals surface area contributed by atoms with Gasteiger partial charge in [-0.2, -0.15) is 4.68 Å². The lowest BCUT2D eigenvalue weighted by Crippen LogP contribution is -2.43. The summed E-state index contributed by atoms with van der Waals surface area (Å²) in [4.78, 5) is 27.4. The number of aromatic amines is 1. The predicted molar refractivity (Wildman–Crippen MR) is 67.4 cm³/mol. The minimum Gasteiger partial charge on any atom is -0.396 e. The fourth-order valence-electron chi connectivity index (χ4n) is 1.50. The number of fused-ring (bicyclic) bond motifs is 1. The number of benzene rings is 1. The van der Waals surface area contributed by atoms with Crippen molar-refractivity contribution in [2.75, 3.05) is 16.8 Å². The molecule has 0 aliphatic rings. The molecule has 8 nitrogen and oxygen atoms in total. The highest BCUT2D eigenvalue weighted by Crippen LogP contribution is 2.15. The molecule has 2 aromatic rings. The summed E-state index contributed by atoms with van der Waals surface area (Å²) in [6.07, 6.45) is 0.770. The first kappa shape index (κ1) is 13.1. The molecule has 0 atom stereocenters. The maximum Gasteiger partial charge on any atom is 0.348 e. The monoisotopic (exact) mass is 288 g/mol. The number of hydrogen-bond donors (Lipinski definition) is 3. The van der Waals surface area contributed by atoms with E-state index in [1.54, 1.807) is 4.83 Å². The van der Waals surface area contributed by atoms with E-state index >= 15 is 0 Å². The fraction of sp³-hybridized carbons (Fsp3) is 0.111. The zero-order valence-corrected chi connectivity index (χ0v) is 10.4. The van der Waals surface area contributed by atoms with Crippen molar-refractivity contribution in [3.05, 3.63) is 38.8 Å². The fourth-order valence-corrected chi connectivity index (χ4v) is 2.00. The molecule has 0 aliphatic carbocycles. The lowest BCUT2D eigenvalue weighted by atomic mass is 10.2. The van der Waals surface area contributed by atoms with E-state index in [4.69, 9.17) is 5.73 Å². The Morgan fingerprint density at radius 1 is 1.37 bits per heavy atom. The number of H-pyrrole nitrogens is 1. The summed E-state index contributed by atoms with van der Waals surface area (Å²) in [5.74, 6) is -0.845. The first-order valence-electron chi connectivity index (χ1n) is 4.91. The van der Waals surface area contributed by atoms with Gasteiger partial charge in [0.2, 0.25) is 10.0 Å². The average Bonchev–Trinajstić information content (AvgIpc) is 2.26. The van der Waals surface area contributed by atoms with Crippen LogP contribution in [0.3, 0.4) is 0 Å². The average molecular weight is 288 g/mol. The van der Waals surface area contributed by atoms with Gasteiger partial charge >= 0.3 is 5.69 Å². The van der Waals surface area contributed by atoms with E-state index in [9.17, 15) is 22.4 Å². The third kappa shape index (κ3) is 2.42. The third-order valence-corrected chi connectivity index (χ3v) is 2.79. The molecule has 1 aromatic carbocycles. The van der Waals surface area contributed by atoms with Crippen molar-refractivity contribution in [3.63, 3.8) is 0 Å². The van der Waals surface area contributed by atoms with Crippen LogP contribution in [0.1, 0.15) is 0 Å². The Morgan fingerprint density at radius 2 is 2.00 bits per heavy atom. The Morgan fingerprint density at radius 3 is 2.58 bits per heavy atom. The SMILES string of the molecule is CS(=O)(=O)Nn1c(=O)[nH]c2cc(N)c(F)cc2c1=O. The molecule has 0 radical (unpaired) electrons. The van der Waals surface area contributed by atoms with Gasteiger partial charge in [-0.1, -0.05) is 0 Å². The molecule has 0 fully saturated rings. The summed E-state index contributed by atoms with van der Waals surface area (Å²) in [6.45, 7) is 0. The van der Waals surface area contributed by atoms with Crippen LogP contribution in [0.4, 0.5) is 10.1 Å². The van der Waals surface area contributed by atoms with Crippen LogP contribution < -0.4 is 21.8 Å². The van der Waals surface area contributed by atoms with Crippen LogP contribution in [0.25, 0.3) is 10.9 Å². The standard InChI is InChI=1S/C9H9FN4O4S/c1-19(17,18)13-14-8(15)4-2-5(10)6(11)3-7(4)12-9(14)16/h2-3,13H,11H2,1H3,(H,12,16). The topological polar surface area (TPSA) is 127 Å². The van der Waals surface area contributed by atoms with E-state index in [2.05, 4.69) is 4.98 Å². The van der Waals surface area contributed by atoms with Gasteiger partial charge in [0.25, 0.3) is 5.56 Å². The van der Waals surface area contributed by atoms with E-state index in [1.807, 2.05) is 0 Å². The Hall–Kier alpha value is -2.36. The lowest BCUT2D eigenvalue weighted by Gasteiger charge is -2.07. The zero-order chi connectivity index (χ0) is 14.4. The van der Waals surface area contributed by atoms with Crippen molar-refractivity contribution in [3.8, 4) is 0 Å². The molecule has 1 heterocycles. The van der Waals surface area contributed by atoms with Crippen LogP contribution in [-0.4, -0.2) is 24.3 Å². The first-order valence-corrected chi connectivity index (χ1v) is 6.80. The maximum absolute atomic E-state index is 13.3. The molecular weight excluding hydrogens is 279 g/mol. The Labute approximate surface area is 105 Å². The van der Waals surface area contributed by atoms with E-state index < -0.39 is 27.1 Å². The van der Waals surface area contributed by atoms with Crippen molar-refractivity contribution in [2.24, 2.45) is 0 Å². The summed E-state index contributed by atoms with van der Waals surface area (Å²) in [7, 11) is -3.83. The molecule has 102 valence electrons. The molecule has 0 amide bonds. The van der Waals surface area contributed by atoms with Gasteiger partial charge in [0.15, 0.2) is 0 Å². The number of hydrogen-bond acceptors (Lipinski definition) is 5. The number of sulfonamides is 1. The van der Waals surface area contributed by atoms with Gasteiger partial charge in [-0.15, -0.1) is 0 Å². The van der Waals surface area contributed by atoms with Gasteiger partial charge in [0.1, 0.15) is 5.82 Å². The van der Waals surface area contributed by atoms with Crippen molar-refractivity contribution in [1.29, 1.82) is 0 Å². The normalized spacial score (nSPS) is 11.7. The molecule has 0 spiro atoms. The molecule has 4 N–H and O–H groups in total. The number of nitrogens with zero attached hydrogens (tertiary/aromatic N) is 1. The quantitative estimate of drug-likeness (QED) is 0.605. The van der Waals surface area contributed by atoms with Crippen LogP contribution in [0.2, 0.25) is 0 Å². The first-order chi connectivity index (χ1) is 8.69. The number of halogens is 1. The minimum atomic E-state index is -3.83. The molecule has 19 heavy (non-hydrogen) atoms. The van der Waals surface area contributed by atoms with Crippen molar-refractivity contribution in [1.82, 2.24) is 9.66 Å². The molecular formula is C9H9FN4O4S. The van der Waals surface area contributed by atoms with Gasteiger partial charge in [0.05, 0.1) is 22.8 Å². The Kier molecular flexibility index (Phi) is 2.81. The molecule has 0 saturated carbocycles. The van der Waals surface area contributed by atoms with Crippen LogP contribution in [0.15, 0.2) is 21.7 Å². The number of anilines is 1. The minimum absolute atomic E-state index is 0.0143. The van der Waals surface area contributed by atoms with E-state index in [0.717, 1.165) is 18.4 Å². The second kappa shape index (κ2) is 4.09. The summed E-state index contributed by atoms with van der Waals surface area (Å²) in [5, 5.41) is -0.206. The molecule has 1 aromatic heterocycles. The summed E-state index contributed by atoms with van der Waals surface area (Å²) in [5.41, 5.74) is 3.08. The zero-order valence-electron chi connectivity index (χ0n) is 9.60. The van der Waals surface area contributed by atoms with Crippen LogP contribution in [-0.2, 0) is 10.0 Å². The Bertz CT molecular complexity index is 883. The molecule has 2 rings (SSSR count). The smallest absolute Gasteiger partial charge is 0.348 e. The molecule has 0 aliphatic heterocycles. The highest BCUT2D eigenvalue weighted by atomic mass is 32.2.